The van der Waals surface area contributed by atoms with Crippen molar-refractivity contribution in [2.24, 2.45) is 0 Å². The van der Waals surface area contributed by atoms with E-state index in [0.29, 0.717) is 6.54 Å². The van der Waals surface area contributed by atoms with Crippen LogP contribution in [0.5, 0.6) is 0 Å². The van der Waals surface area contributed by atoms with Crippen LogP contribution in [0.25, 0.3) is 0 Å². The van der Waals surface area contributed by atoms with Crippen LogP contribution in [0.2, 0.25) is 5.02 Å². The first kappa shape index (κ1) is 10.5. The average Bonchev–Trinajstić information content (AvgIpc) is 2.15. The Morgan fingerprint density at radius 2 is 1.92 bits per heavy atom. The van der Waals surface area contributed by atoms with E-state index in [-0.39, 0.29) is 0 Å². The van der Waals surface area contributed by atoms with Gasteiger partial charge < -0.3 is 0 Å². The zero-order valence-electron chi connectivity index (χ0n) is 7.51. The summed E-state index contributed by atoms with van der Waals surface area (Å²) in [5, 5.41) is 0.747. The van der Waals surface area contributed by atoms with Gasteiger partial charge in [-0.3, -0.25) is 0 Å². The van der Waals surface area contributed by atoms with Gasteiger partial charge in [0.2, 0.25) is 0 Å². The molecule has 1 aromatic rings. The fourth-order valence-electron chi connectivity index (χ4n) is 0.845. The van der Waals surface area contributed by atoms with E-state index in [0.717, 1.165) is 17.1 Å². The van der Waals surface area contributed by atoms with Crippen molar-refractivity contribution in [2.45, 2.75) is 13.5 Å². The van der Waals surface area contributed by atoms with Crippen molar-refractivity contribution in [1.82, 2.24) is 11.0 Å². The summed E-state index contributed by atoms with van der Waals surface area (Å²) in [6.45, 7) is 3.39. The van der Waals surface area contributed by atoms with Gasteiger partial charge in [-0.05, 0) is 17.7 Å². The van der Waals surface area contributed by atoms with Gasteiger partial charge in [0.25, 0.3) is 0 Å². The minimum Gasteiger partial charge on any atom is -0.214 e. The van der Waals surface area contributed by atoms with Crippen LogP contribution in [0.4, 0.5) is 0 Å². The zero-order valence-corrected chi connectivity index (χ0v) is 8.27. The second-order valence-electron chi connectivity index (χ2n) is 2.55. The van der Waals surface area contributed by atoms with Crippen molar-refractivity contribution in [3.05, 3.63) is 34.9 Å². The Morgan fingerprint density at radius 3 is 2.54 bits per heavy atom. The van der Waals surface area contributed by atoms with Crippen molar-refractivity contribution >= 4 is 11.6 Å². The van der Waals surface area contributed by atoms with Crippen molar-refractivity contribution in [3.8, 4) is 0 Å². The van der Waals surface area contributed by atoms with Crippen LogP contribution in [-0.2, 0) is 11.5 Å². The molecule has 13 heavy (non-hydrogen) atoms. The molecule has 0 fully saturated rings. The summed E-state index contributed by atoms with van der Waals surface area (Å²) in [5.74, 6) is 0. The predicted octanol–water partition coefficient (Wildman–Crippen LogP) is 1.89. The molecular weight excluding hydrogens is 188 g/mol. The van der Waals surface area contributed by atoms with Crippen LogP contribution in [0.3, 0.4) is 0 Å². The van der Waals surface area contributed by atoms with Crippen LogP contribution in [0.15, 0.2) is 24.3 Å². The molecule has 72 valence electrons. The third-order valence-electron chi connectivity index (χ3n) is 1.48. The predicted molar refractivity (Wildman–Crippen MR) is 53.1 cm³/mol. The van der Waals surface area contributed by atoms with Gasteiger partial charge >= 0.3 is 0 Å². The maximum Gasteiger partial charge on any atom is 0.0479 e. The van der Waals surface area contributed by atoms with Gasteiger partial charge in [-0.25, -0.2) is 4.94 Å². The van der Waals surface area contributed by atoms with Gasteiger partial charge in [0.1, 0.15) is 0 Å². The summed E-state index contributed by atoms with van der Waals surface area (Å²) >= 11 is 5.73. The van der Waals surface area contributed by atoms with E-state index in [9.17, 15) is 0 Å². The average molecular weight is 201 g/mol. The van der Waals surface area contributed by atoms with Crippen LogP contribution in [0, 0.1) is 0 Å². The molecule has 0 amide bonds. The van der Waals surface area contributed by atoms with Gasteiger partial charge in [-0.2, -0.15) is 11.0 Å². The number of nitrogens with one attached hydrogen (secondary N) is 2. The molecular formula is C9H13ClN2O. The largest absolute Gasteiger partial charge is 0.214 e. The summed E-state index contributed by atoms with van der Waals surface area (Å²) in [7, 11) is 0. The van der Waals surface area contributed by atoms with E-state index in [1.165, 1.54) is 0 Å². The quantitative estimate of drug-likeness (QED) is 0.563. The summed E-state index contributed by atoms with van der Waals surface area (Å²) in [5.41, 5.74) is 6.59. The van der Waals surface area contributed by atoms with E-state index in [2.05, 4.69) is 11.0 Å². The summed E-state index contributed by atoms with van der Waals surface area (Å²) in [4.78, 5) is 4.88. The number of halogens is 1. The zero-order chi connectivity index (χ0) is 9.52. The monoisotopic (exact) mass is 200 g/mol. The molecule has 0 unspecified atom stereocenters. The smallest absolute Gasteiger partial charge is 0.0479 e. The minimum atomic E-state index is 0.657. The lowest BCUT2D eigenvalue weighted by Crippen LogP contribution is -2.24. The molecule has 1 rings (SSSR count). The van der Waals surface area contributed by atoms with E-state index in [1.807, 2.05) is 31.2 Å². The summed E-state index contributed by atoms with van der Waals surface area (Å²) in [6.07, 6.45) is 0. The fraction of sp³-hybridized carbons (Fsp3) is 0.333. The molecule has 0 atom stereocenters. The Hall–Kier alpha value is -0.610. The Morgan fingerprint density at radius 1 is 1.23 bits per heavy atom. The minimum absolute atomic E-state index is 0.657. The lowest BCUT2D eigenvalue weighted by atomic mass is 10.2. The maximum absolute atomic E-state index is 5.73. The molecule has 0 saturated heterocycles. The van der Waals surface area contributed by atoms with Gasteiger partial charge in [-0.1, -0.05) is 30.7 Å². The van der Waals surface area contributed by atoms with E-state index < -0.39 is 0 Å². The van der Waals surface area contributed by atoms with E-state index in [4.69, 9.17) is 16.5 Å². The molecule has 2 N–H and O–H groups in total. The molecule has 0 aliphatic rings. The first-order chi connectivity index (χ1) is 6.33. The summed E-state index contributed by atoms with van der Waals surface area (Å²) in [6, 6.07) is 7.60. The Bertz CT molecular complexity index is 238. The number of hydrogen-bond donors (Lipinski definition) is 2. The number of rotatable bonds is 5. The molecule has 0 aliphatic carbocycles. The molecule has 1 aromatic carbocycles. The van der Waals surface area contributed by atoms with Crippen molar-refractivity contribution in [1.29, 1.82) is 0 Å². The molecule has 0 aliphatic heterocycles. The number of benzene rings is 1. The number of hydrogen-bond acceptors (Lipinski definition) is 3. The highest BCUT2D eigenvalue weighted by Crippen LogP contribution is 2.08. The van der Waals surface area contributed by atoms with Gasteiger partial charge in [0.15, 0.2) is 0 Å². The standard InChI is InChI=1S/C9H13ClN2O/c1-2-11-13-12-7-8-3-5-9(10)6-4-8/h3-6,11-12H,2,7H2,1H3. The summed E-state index contributed by atoms with van der Waals surface area (Å²) < 4.78 is 0. The second-order valence-corrected chi connectivity index (χ2v) is 2.98. The van der Waals surface area contributed by atoms with Crippen LogP contribution in [-0.4, -0.2) is 6.54 Å². The normalized spacial score (nSPS) is 10.3. The molecule has 3 nitrogen and oxygen atoms in total. The lowest BCUT2D eigenvalue weighted by Gasteiger charge is -2.04. The van der Waals surface area contributed by atoms with Crippen molar-refractivity contribution in [2.75, 3.05) is 6.54 Å². The molecule has 0 aromatic heterocycles. The third kappa shape index (κ3) is 4.24. The number of hydroxylamine groups is 2. The molecule has 0 saturated carbocycles. The van der Waals surface area contributed by atoms with E-state index in [1.54, 1.807) is 0 Å². The Kier molecular flexibility index (Phi) is 4.78. The third-order valence-corrected chi connectivity index (χ3v) is 1.73. The first-order valence-electron chi connectivity index (χ1n) is 4.19. The second kappa shape index (κ2) is 5.94. The molecule has 0 bridgehead atoms. The topological polar surface area (TPSA) is 33.3 Å². The van der Waals surface area contributed by atoms with Crippen molar-refractivity contribution < 1.29 is 4.94 Å². The van der Waals surface area contributed by atoms with Crippen molar-refractivity contribution in [3.63, 3.8) is 0 Å². The SMILES string of the molecule is CCNONCc1ccc(Cl)cc1. The molecule has 0 heterocycles. The highest BCUT2D eigenvalue weighted by Gasteiger charge is 1.91. The maximum atomic E-state index is 5.73. The van der Waals surface area contributed by atoms with Gasteiger partial charge in [0, 0.05) is 18.1 Å². The highest BCUT2D eigenvalue weighted by atomic mass is 35.5. The van der Waals surface area contributed by atoms with Gasteiger partial charge in [0.05, 0.1) is 0 Å². The fourth-order valence-corrected chi connectivity index (χ4v) is 0.971. The molecule has 4 heteroatoms. The first-order valence-corrected chi connectivity index (χ1v) is 4.56. The lowest BCUT2D eigenvalue weighted by molar-refractivity contribution is -0.0392. The molecule has 0 radical (unpaired) electrons. The Balaban J connectivity index is 2.25. The molecule has 0 spiro atoms. The van der Waals surface area contributed by atoms with Crippen LogP contribution < -0.4 is 11.0 Å². The van der Waals surface area contributed by atoms with Gasteiger partial charge in [-0.15, -0.1) is 0 Å². The highest BCUT2D eigenvalue weighted by molar-refractivity contribution is 6.30. The Labute approximate surface area is 83.0 Å². The van der Waals surface area contributed by atoms with Crippen LogP contribution in [0.1, 0.15) is 12.5 Å². The van der Waals surface area contributed by atoms with E-state index >= 15 is 0 Å². The van der Waals surface area contributed by atoms with Crippen LogP contribution >= 0.6 is 11.6 Å².